The van der Waals surface area contributed by atoms with Gasteiger partial charge in [0.05, 0.1) is 18.8 Å². The maximum Gasteiger partial charge on any atom is 0.316 e. The Balaban J connectivity index is 1.52. The van der Waals surface area contributed by atoms with Crippen LogP contribution in [0.5, 0.6) is 0 Å². The molecule has 0 aromatic carbocycles. The smallest absolute Gasteiger partial charge is 0.316 e. The molecule has 3 fully saturated rings. The average molecular weight is 601 g/mol. The van der Waals surface area contributed by atoms with Gasteiger partial charge in [-0.05, 0) is 56.1 Å². The summed E-state index contributed by atoms with van der Waals surface area (Å²) in [7, 11) is 0. The molecule has 43 heavy (non-hydrogen) atoms. The maximum atomic E-state index is 14.1. The summed E-state index contributed by atoms with van der Waals surface area (Å²) in [6.07, 6.45) is 10.7. The van der Waals surface area contributed by atoms with Gasteiger partial charge in [-0.3, -0.25) is 9.59 Å². The van der Waals surface area contributed by atoms with Gasteiger partial charge in [0.25, 0.3) is 0 Å². The van der Waals surface area contributed by atoms with E-state index in [0.29, 0.717) is 42.7 Å². The van der Waals surface area contributed by atoms with E-state index in [-0.39, 0.29) is 37.8 Å². The standard InChI is InChI=1S/C34H48O9/c1-6-29(35)39-18-24-15-28-32(37)41-27-16-26(43-33(17-27)13-12-22(4)23(5)42-33)11-10-21(3)14-20(2)8-7-9-25-19-40-31(30(24)36)34(25,28)38/h7-10,15,20,22-23,26-28,30-31,36,38H,6,11-14,16-19H2,1-5H3/b8-7+,21-10+,25-9+/t20-,22-,23+,26+,27-,28-,30+,31+,33-,34+/m0/s1. The molecule has 2 N–H and O–H groups in total. The van der Waals surface area contributed by atoms with Crippen LogP contribution >= 0.6 is 0 Å². The first-order valence-electron chi connectivity index (χ1n) is 15.9. The van der Waals surface area contributed by atoms with Gasteiger partial charge in [-0.1, -0.05) is 56.7 Å². The van der Waals surface area contributed by atoms with Crippen molar-refractivity contribution in [2.45, 2.75) is 121 Å². The summed E-state index contributed by atoms with van der Waals surface area (Å²) < 4.78 is 30.6. The van der Waals surface area contributed by atoms with Crippen molar-refractivity contribution in [2.24, 2.45) is 17.8 Å². The van der Waals surface area contributed by atoms with Crippen molar-refractivity contribution < 1.29 is 43.5 Å². The lowest BCUT2D eigenvalue weighted by molar-refractivity contribution is -0.332. The van der Waals surface area contributed by atoms with Gasteiger partial charge < -0.3 is 33.9 Å². The fourth-order valence-corrected chi connectivity index (χ4v) is 7.16. The molecule has 238 valence electrons. The SMILES string of the molecule is CCC(=O)OCC1=C[C@H]2C(=O)O[C@H]3C[C@@H](C/C=C(\C)C[C@@H](C)/C=C/C=C4\CO[C@H]([C@@H]1O)[C@@]42O)O[C@@]1(CC[C@H](C)[C@@H](C)O1)C3. The van der Waals surface area contributed by atoms with Crippen LogP contribution in [0.1, 0.15) is 79.6 Å². The second kappa shape index (κ2) is 13.0. The van der Waals surface area contributed by atoms with Crippen molar-refractivity contribution in [1.29, 1.82) is 0 Å². The van der Waals surface area contributed by atoms with Crippen LogP contribution in [0.3, 0.4) is 0 Å². The van der Waals surface area contributed by atoms with E-state index < -0.39 is 47.6 Å². The van der Waals surface area contributed by atoms with Crippen LogP contribution in [0.4, 0.5) is 0 Å². The number of hydrogen-bond donors (Lipinski definition) is 2. The van der Waals surface area contributed by atoms with E-state index in [9.17, 15) is 19.8 Å². The van der Waals surface area contributed by atoms with Crippen LogP contribution in [-0.2, 0) is 33.3 Å². The molecule has 0 amide bonds. The molecule has 0 aromatic heterocycles. The third-order valence-corrected chi connectivity index (χ3v) is 9.85. The lowest BCUT2D eigenvalue weighted by Gasteiger charge is -2.49. The lowest BCUT2D eigenvalue weighted by atomic mass is 9.70. The van der Waals surface area contributed by atoms with Gasteiger partial charge in [-0.15, -0.1) is 0 Å². The number of esters is 2. The Morgan fingerprint density at radius 1 is 1.19 bits per heavy atom. The molecule has 2 bridgehead atoms. The molecule has 9 nitrogen and oxygen atoms in total. The predicted octanol–water partition coefficient (Wildman–Crippen LogP) is 4.47. The van der Waals surface area contributed by atoms with Crippen molar-refractivity contribution in [3.8, 4) is 0 Å². The summed E-state index contributed by atoms with van der Waals surface area (Å²) in [5.41, 5.74) is 0.212. The first kappa shape index (κ1) is 32.1. The summed E-state index contributed by atoms with van der Waals surface area (Å²) in [6, 6.07) is 0. The van der Waals surface area contributed by atoms with Crippen molar-refractivity contribution in [3.05, 3.63) is 47.1 Å². The maximum absolute atomic E-state index is 14.1. The minimum atomic E-state index is -1.83. The van der Waals surface area contributed by atoms with Crippen LogP contribution in [-0.4, -0.2) is 77.3 Å². The zero-order chi connectivity index (χ0) is 30.9. The Kier molecular flexibility index (Phi) is 9.69. The van der Waals surface area contributed by atoms with Crippen molar-refractivity contribution in [1.82, 2.24) is 0 Å². The van der Waals surface area contributed by atoms with Gasteiger partial charge in [-0.25, -0.2) is 0 Å². The van der Waals surface area contributed by atoms with Crippen LogP contribution in [0.25, 0.3) is 0 Å². The number of aliphatic hydroxyl groups is 2. The van der Waals surface area contributed by atoms with E-state index in [4.69, 9.17) is 23.7 Å². The predicted molar refractivity (Wildman–Crippen MR) is 159 cm³/mol. The fourth-order valence-electron chi connectivity index (χ4n) is 7.16. The minimum Gasteiger partial charge on any atom is -0.462 e. The summed E-state index contributed by atoms with van der Waals surface area (Å²) in [4.78, 5) is 26.0. The van der Waals surface area contributed by atoms with Gasteiger partial charge in [-0.2, -0.15) is 0 Å². The van der Waals surface area contributed by atoms with Crippen LogP contribution < -0.4 is 0 Å². The molecule has 10 atom stereocenters. The van der Waals surface area contributed by atoms with Gasteiger partial charge >= 0.3 is 11.9 Å². The first-order chi connectivity index (χ1) is 20.4. The third kappa shape index (κ3) is 6.71. The highest BCUT2D eigenvalue weighted by Crippen LogP contribution is 2.47. The number of ether oxygens (including phenoxy) is 5. The van der Waals surface area contributed by atoms with Crippen molar-refractivity contribution in [2.75, 3.05) is 13.2 Å². The zero-order valence-electron chi connectivity index (χ0n) is 26.1. The molecule has 5 rings (SSSR count). The largest absolute Gasteiger partial charge is 0.462 e. The number of aliphatic hydroxyl groups excluding tert-OH is 1. The number of rotatable bonds is 3. The van der Waals surface area contributed by atoms with Gasteiger partial charge in [0, 0.05) is 25.7 Å². The van der Waals surface area contributed by atoms with Crippen molar-refractivity contribution in [3.63, 3.8) is 0 Å². The molecule has 1 spiro atoms. The molecular weight excluding hydrogens is 552 g/mol. The normalized spacial score (nSPS) is 45.1. The van der Waals surface area contributed by atoms with E-state index in [0.717, 1.165) is 12.8 Å². The molecule has 9 heteroatoms. The van der Waals surface area contributed by atoms with Crippen LogP contribution in [0, 0.1) is 17.8 Å². The molecule has 0 saturated carbocycles. The summed E-state index contributed by atoms with van der Waals surface area (Å²) >= 11 is 0. The first-order valence-corrected chi connectivity index (χ1v) is 15.9. The Bertz CT molecular complexity index is 1190. The minimum absolute atomic E-state index is 0.00702. The van der Waals surface area contributed by atoms with E-state index in [1.807, 2.05) is 6.08 Å². The second-order valence-electron chi connectivity index (χ2n) is 13.3. The Hall–Kier alpha value is -2.30. The Labute approximate surface area is 254 Å². The van der Waals surface area contributed by atoms with Gasteiger partial charge in [0.15, 0.2) is 5.79 Å². The highest BCUT2D eigenvalue weighted by Gasteiger charge is 2.60. The quantitative estimate of drug-likeness (QED) is 0.357. The molecule has 5 aliphatic rings. The average Bonchev–Trinajstić information content (AvgIpc) is 3.30. The fraction of sp³-hybridized carbons (Fsp3) is 0.706. The molecule has 0 unspecified atom stereocenters. The number of fused-ring (bicyclic) bond motifs is 2. The van der Waals surface area contributed by atoms with Crippen molar-refractivity contribution >= 4 is 11.9 Å². The number of hydrogen-bond acceptors (Lipinski definition) is 9. The second-order valence-corrected chi connectivity index (χ2v) is 13.3. The summed E-state index contributed by atoms with van der Waals surface area (Å²) in [6.45, 7) is 10.0. The molecule has 4 heterocycles. The van der Waals surface area contributed by atoms with E-state index >= 15 is 0 Å². The van der Waals surface area contributed by atoms with Gasteiger partial charge in [0.2, 0.25) is 0 Å². The Morgan fingerprint density at radius 3 is 2.72 bits per heavy atom. The zero-order valence-corrected chi connectivity index (χ0v) is 26.1. The third-order valence-electron chi connectivity index (χ3n) is 9.85. The summed E-state index contributed by atoms with van der Waals surface area (Å²) in [5.74, 6) is -2.43. The topological polar surface area (TPSA) is 121 Å². The number of allylic oxidation sites excluding steroid dienone is 4. The molecule has 0 aromatic rings. The molecule has 3 saturated heterocycles. The van der Waals surface area contributed by atoms with Gasteiger partial charge in [0.1, 0.15) is 36.4 Å². The number of carbonyl (C=O) groups is 2. The van der Waals surface area contributed by atoms with Crippen LogP contribution in [0.2, 0.25) is 0 Å². The van der Waals surface area contributed by atoms with Crippen LogP contribution in [0.15, 0.2) is 47.1 Å². The Morgan fingerprint density at radius 2 is 1.98 bits per heavy atom. The molecule has 0 radical (unpaired) electrons. The molecule has 4 aliphatic heterocycles. The lowest BCUT2D eigenvalue weighted by Crippen LogP contribution is -2.58. The van der Waals surface area contributed by atoms with E-state index in [1.54, 1.807) is 13.0 Å². The summed E-state index contributed by atoms with van der Waals surface area (Å²) in [5, 5.41) is 23.4. The number of carbonyl (C=O) groups excluding carboxylic acids is 2. The highest BCUT2D eigenvalue weighted by molar-refractivity contribution is 5.79. The highest BCUT2D eigenvalue weighted by atomic mass is 16.7. The molecule has 1 aliphatic carbocycles. The molecular formula is C34H48O9. The monoisotopic (exact) mass is 600 g/mol. The van der Waals surface area contributed by atoms with E-state index in [1.165, 1.54) is 11.6 Å². The van der Waals surface area contributed by atoms with E-state index in [2.05, 4.69) is 39.8 Å².